The van der Waals surface area contributed by atoms with Crippen LogP contribution in [0.25, 0.3) is 5.76 Å². The minimum Gasteiger partial charge on any atom is -0.507 e. The highest BCUT2D eigenvalue weighted by Crippen LogP contribution is 2.40. The van der Waals surface area contributed by atoms with Gasteiger partial charge in [0.25, 0.3) is 11.7 Å². The molecule has 1 atom stereocenters. The molecule has 0 saturated carbocycles. The molecule has 170 valence electrons. The molecule has 2 aromatic carbocycles. The molecule has 1 heterocycles. The van der Waals surface area contributed by atoms with Gasteiger partial charge in [-0.3, -0.25) is 9.59 Å². The Morgan fingerprint density at radius 1 is 1.09 bits per heavy atom. The van der Waals surface area contributed by atoms with Gasteiger partial charge < -0.3 is 19.6 Å². The molecule has 0 spiro atoms. The van der Waals surface area contributed by atoms with Crippen LogP contribution in [-0.2, 0) is 9.59 Å². The summed E-state index contributed by atoms with van der Waals surface area (Å²) in [7, 11) is 3.93. The molecule has 0 aromatic heterocycles. The minimum absolute atomic E-state index is 0.0272. The van der Waals surface area contributed by atoms with Crippen LogP contribution < -0.4 is 4.74 Å². The Balaban J connectivity index is 2.03. The number of ketones is 1. The minimum atomic E-state index is -0.664. The maximum absolute atomic E-state index is 13.0. The maximum atomic E-state index is 13.0. The Morgan fingerprint density at radius 2 is 1.72 bits per heavy atom. The largest absolute Gasteiger partial charge is 0.507 e. The number of aliphatic hydroxyl groups is 1. The smallest absolute Gasteiger partial charge is 0.295 e. The van der Waals surface area contributed by atoms with Crippen LogP contribution in [0.2, 0.25) is 0 Å². The Labute approximate surface area is 197 Å². The van der Waals surface area contributed by atoms with Gasteiger partial charge in [0.05, 0.1) is 17.7 Å². The van der Waals surface area contributed by atoms with Gasteiger partial charge in [-0.05, 0) is 82.9 Å². The van der Waals surface area contributed by atoms with Gasteiger partial charge in [0.15, 0.2) is 0 Å². The summed E-state index contributed by atoms with van der Waals surface area (Å²) in [5.74, 6) is -0.756. The number of rotatable bonds is 8. The first-order valence-corrected chi connectivity index (χ1v) is 11.4. The number of ether oxygens (including phenoxy) is 1. The summed E-state index contributed by atoms with van der Waals surface area (Å²) in [5, 5.41) is 11.1. The van der Waals surface area contributed by atoms with Crippen molar-refractivity contribution < 1.29 is 19.4 Å². The van der Waals surface area contributed by atoms with Crippen LogP contribution in [0, 0.1) is 0 Å². The quantitative estimate of drug-likeness (QED) is 0.325. The second-order valence-electron chi connectivity index (χ2n) is 8.39. The standard InChI is InChI=1S/C25H29BrN2O4/c1-16(2)32-20-12-8-18(9-13-20)23(29)21-22(17-6-10-19(26)11-7-17)28(25(31)24(21)30)15-5-14-27(3)4/h6-13,16,22,29H,5,14-15H2,1-4H3/b23-21+/t22-/m0/s1. The predicted molar refractivity (Wildman–Crippen MR) is 129 cm³/mol. The lowest BCUT2D eigenvalue weighted by molar-refractivity contribution is -0.139. The molecule has 6 nitrogen and oxygen atoms in total. The van der Waals surface area contributed by atoms with Crippen LogP contribution >= 0.6 is 15.9 Å². The van der Waals surface area contributed by atoms with Gasteiger partial charge in [0.2, 0.25) is 0 Å². The summed E-state index contributed by atoms with van der Waals surface area (Å²) in [6.45, 7) is 5.07. The van der Waals surface area contributed by atoms with Crippen LogP contribution in [-0.4, -0.2) is 59.9 Å². The Hall–Kier alpha value is -2.64. The average molecular weight is 501 g/mol. The number of likely N-dealkylation sites (tertiary alicyclic amines) is 1. The van der Waals surface area contributed by atoms with Gasteiger partial charge in [0, 0.05) is 16.6 Å². The zero-order chi connectivity index (χ0) is 23.4. The zero-order valence-electron chi connectivity index (χ0n) is 18.8. The molecule has 2 aromatic rings. The lowest BCUT2D eigenvalue weighted by Crippen LogP contribution is -2.32. The van der Waals surface area contributed by atoms with Crippen molar-refractivity contribution in [2.75, 3.05) is 27.2 Å². The fourth-order valence-electron chi connectivity index (χ4n) is 3.78. The van der Waals surface area contributed by atoms with Crippen LogP contribution in [0.5, 0.6) is 5.75 Å². The molecule has 3 rings (SSSR count). The third-order valence-electron chi connectivity index (χ3n) is 5.23. The van der Waals surface area contributed by atoms with E-state index in [1.54, 1.807) is 29.2 Å². The van der Waals surface area contributed by atoms with Crippen molar-refractivity contribution in [3.05, 3.63) is 69.7 Å². The number of carbonyl (C=O) groups is 2. The van der Waals surface area contributed by atoms with Crippen molar-refractivity contribution >= 4 is 33.4 Å². The molecule has 1 saturated heterocycles. The van der Waals surface area contributed by atoms with E-state index in [4.69, 9.17) is 4.74 Å². The molecule has 7 heteroatoms. The Bertz CT molecular complexity index is 998. The highest BCUT2D eigenvalue weighted by molar-refractivity contribution is 9.10. The van der Waals surface area contributed by atoms with Crippen LogP contribution in [0.15, 0.2) is 58.6 Å². The summed E-state index contributed by atoms with van der Waals surface area (Å²) in [6, 6.07) is 13.7. The van der Waals surface area contributed by atoms with Gasteiger partial charge in [-0.15, -0.1) is 0 Å². The molecule has 32 heavy (non-hydrogen) atoms. The lowest BCUT2D eigenvalue weighted by Gasteiger charge is -2.26. The topological polar surface area (TPSA) is 70.1 Å². The fourth-order valence-corrected chi connectivity index (χ4v) is 4.04. The van der Waals surface area contributed by atoms with Crippen LogP contribution in [0.4, 0.5) is 0 Å². The molecule has 0 radical (unpaired) electrons. The van der Waals surface area contributed by atoms with Crippen molar-refractivity contribution in [1.29, 1.82) is 0 Å². The number of carbonyl (C=O) groups excluding carboxylic acids is 2. The van der Waals surface area contributed by atoms with Gasteiger partial charge in [-0.1, -0.05) is 28.1 Å². The van der Waals surface area contributed by atoms with E-state index in [0.29, 0.717) is 24.3 Å². The molecule has 1 amide bonds. The van der Waals surface area contributed by atoms with Crippen LogP contribution in [0.1, 0.15) is 37.4 Å². The second kappa shape index (κ2) is 10.3. The van der Waals surface area contributed by atoms with Gasteiger partial charge >= 0.3 is 0 Å². The van der Waals surface area contributed by atoms with E-state index in [1.165, 1.54) is 0 Å². The van der Waals surface area contributed by atoms with Crippen molar-refractivity contribution in [3.8, 4) is 5.75 Å². The number of benzene rings is 2. The number of hydrogen-bond donors (Lipinski definition) is 1. The molecule has 1 N–H and O–H groups in total. The third kappa shape index (κ3) is 5.40. The first-order chi connectivity index (χ1) is 15.2. The molecular formula is C25H29BrN2O4. The molecule has 0 aliphatic carbocycles. The van der Waals surface area contributed by atoms with E-state index >= 15 is 0 Å². The van der Waals surface area contributed by atoms with Gasteiger partial charge in [-0.25, -0.2) is 0 Å². The summed E-state index contributed by atoms with van der Waals surface area (Å²) < 4.78 is 6.55. The van der Waals surface area contributed by atoms with E-state index in [-0.39, 0.29) is 17.4 Å². The van der Waals surface area contributed by atoms with E-state index < -0.39 is 17.7 Å². The summed E-state index contributed by atoms with van der Waals surface area (Å²) in [5.41, 5.74) is 1.35. The number of hydrogen-bond acceptors (Lipinski definition) is 5. The first-order valence-electron chi connectivity index (χ1n) is 10.6. The molecule has 0 bridgehead atoms. The van der Waals surface area contributed by atoms with E-state index in [1.807, 2.05) is 57.1 Å². The first kappa shape index (κ1) is 24.0. The lowest BCUT2D eigenvalue weighted by atomic mass is 9.95. The Kier molecular flexibility index (Phi) is 7.74. The highest BCUT2D eigenvalue weighted by atomic mass is 79.9. The second-order valence-corrected chi connectivity index (χ2v) is 9.31. The molecule has 1 fully saturated rings. The van der Waals surface area contributed by atoms with Gasteiger partial charge in [-0.2, -0.15) is 0 Å². The number of aliphatic hydroxyl groups excluding tert-OH is 1. The average Bonchev–Trinajstić information content (AvgIpc) is 2.99. The fraction of sp³-hybridized carbons (Fsp3) is 0.360. The van der Waals surface area contributed by atoms with Crippen molar-refractivity contribution in [1.82, 2.24) is 9.80 Å². The molecule has 1 aliphatic rings. The highest BCUT2D eigenvalue weighted by Gasteiger charge is 2.45. The summed E-state index contributed by atoms with van der Waals surface area (Å²) in [4.78, 5) is 29.6. The normalized spacial score (nSPS) is 18.1. The van der Waals surface area contributed by atoms with Crippen molar-refractivity contribution in [3.63, 3.8) is 0 Å². The summed E-state index contributed by atoms with van der Waals surface area (Å²) in [6.07, 6.45) is 0.744. The van der Waals surface area contributed by atoms with E-state index in [2.05, 4.69) is 15.9 Å². The van der Waals surface area contributed by atoms with Crippen LogP contribution in [0.3, 0.4) is 0 Å². The van der Waals surface area contributed by atoms with Gasteiger partial charge in [0.1, 0.15) is 11.5 Å². The number of Topliss-reactive ketones (excluding diaryl/α,β-unsaturated/α-hetero) is 1. The molecule has 1 aliphatic heterocycles. The maximum Gasteiger partial charge on any atom is 0.295 e. The SMILES string of the molecule is CC(C)Oc1ccc(/C(O)=C2\C(=O)C(=O)N(CCCN(C)C)[C@H]2c2ccc(Br)cc2)cc1. The van der Waals surface area contributed by atoms with E-state index in [9.17, 15) is 14.7 Å². The summed E-state index contributed by atoms with van der Waals surface area (Å²) >= 11 is 3.43. The number of halogens is 1. The monoisotopic (exact) mass is 500 g/mol. The molecule has 0 unspecified atom stereocenters. The van der Waals surface area contributed by atoms with Crippen molar-refractivity contribution in [2.45, 2.75) is 32.4 Å². The number of nitrogens with zero attached hydrogens (tertiary/aromatic N) is 2. The van der Waals surface area contributed by atoms with Crippen molar-refractivity contribution in [2.24, 2.45) is 0 Å². The zero-order valence-corrected chi connectivity index (χ0v) is 20.4. The number of amides is 1. The molecular weight excluding hydrogens is 472 g/mol. The predicted octanol–water partition coefficient (Wildman–Crippen LogP) is 4.61. The van der Waals surface area contributed by atoms with E-state index in [0.717, 1.165) is 16.6 Å². The Morgan fingerprint density at radius 3 is 2.28 bits per heavy atom. The third-order valence-corrected chi connectivity index (χ3v) is 5.76.